The fourth-order valence-electron chi connectivity index (χ4n) is 2.88. The average Bonchev–Trinajstić information content (AvgIpc) is 2.87. The summed E-state index contributed by atoms with van der Waals surface area (Å²) in [6.45, 7) is 0.554. The number of hydrogen-bond donors (Lipinski definition) is 2. The molecule has 4 heteroatoms. The van der Waals surface area contributed by atoms with Crippen LogP contribution in [0.1, 0.15) is 43.7 Å². The molecule has 0 saturated heterocycles. The number of nitrogens with one attached hydrogen (secondary N) is 1. The van der Waals surface area contributed by atoms with Crippen molar-refractivity contribution in [3.8, 4) is 0 Å². The fraction of sp³-hybridized carbons (Fsp3) is 0.533. The van der Waals surface area contributed by atoms with Gasteiger partial charge in [-0.2, -0.15) is 0 Å². The predicted molar refractivity (Wildman–Crippen MR) is 77.3 cm³/mol. The van der Waals surface area contributed by atoms with Gasteiger partial charge in [-0.25, -0.2) is 4.99 Å². The van der Waals surface area contributed by atoms with Crippen LogP contribution in [-0.4, -0.2) is 18.7 Å². The highest BCUT2D eigenvalue weighted by Gasteiger charge is 2.19. The highest BCUT2D eigenvalue weighted by Crippen LogP contribution is 2.26. The first-order chi connectivity index (χ1) is 9.31. The molecular weight excluding hydrogens is 238 g/mol. The summed E-state index contributed by atoms with van der Waals surface area (Å²) in [7, 11) is 0. The molecule has 1 atom stereocenters. The van der Waals surface area contributed by atoms with E-state index < -0.39 is 0 Å². The summed E-state index contributed by atoms with van der Waals surface area (Å²) < 4.78 is 5.22. The number of amidine groups is 1. The Morgan fingerprint density at radius 1 is 1.21 bits per heavy atom. The van der Waals surface area contributed by atoms with Gasteiger partial charge in [0.15, 0.2) is 0 Å². The number of aliphatic imine (C=N–C) groups is 1. The van der Waals surface area contributed by atoms with Crippen LogP contribution in [-0.2, 0) is 4.74 Å². The van der Waals surface area contributed by atoms with E-state index in [2.05, 4.69) is 34.6 Å². The summed E-state index contributed by atoms with van der Waals surface area (Å²) >= 11 is 0. The quantitative estimate of drug-likeness (QED) is 0.877. The molecule has 1 fully saturated rings. The van der Waals surface area contributed by atoms with Crippen molar-refractivity contribution in [3.05, 3.63) is 29.8 Å². The summed E-state index contributed by atoms with van der Waals surface area (Å²) in [5.41, 5.74) is 7.92. The van der Waals surface area contributed by atoms with E-state index in [1.165, 1.54) is 43.4 Å². The molecule has 1 heterocycles. The van der Waals surface area contributed by atoms with Crippen molar-refractivity contribution in [1.82, 2.24) is 0 Å². The molecule has 4 nitrogen and oxygen atoms in total. The standard InChI is InChI=1S/C15H21N3O/c16-15-18-14(10-19-15)11-5-4-8-13(9-11)17-12-6-2-1-3-7-12/h4-5,8-9,12,14,17H,1-3,6-7,10H2,(H2,16,18). The Labute approximate surface area is 114 Å². The minimum atomic E-state index is 0.0492. The lowest BCUT2D eigenvalue weighted by Gasteiger charge is -2.24. The third-order valence-corrected chi connectivity index (χ3v) is 3.92. The van der Waals surface area contributed by atoms with Crippen LogP contribution < -0.4 is 11.1 Å². The molecule has 1 unspecified atom stereocenters. The van der Waals surface area contributed by atoms with E-state index in [-0.39, 0.29) is 6.04 Å². The first-order valence-electron chi connectivity index (χ1n) is 7.14. The van der Waals surface area contributed by atoms with Gasteiger partial charge in [0.2, 0.25) is 0 Å². The van der Waals surface area contributed by atoms with E-state index in [0.717, 1.165) is 0 Å². The monoisotopic (exact) mass is 259 g/mol. The van der Waals surface area contributed by atoms with E-state index in [1.807, 2.05) is 0 Å². The van der Waals surface area contributed by atoms with Crippen LogP contribution in [0.4, 0.5) is 5.69 Å². The van der Waals surface area contributed by atoms with Gasteiger partial charge in [0.25, 0.3) is 6.02 Å². The van der Waals surface area contributed by atoms with Gasteiger partial charge in [0, 0.05) is 11.7 Å². The number of benzene rings is 1. The molecule has 1 aromatic rings. The van der Waals surface area contributed by atoms with E-state index in [0.29, 0.717) is 18.7 Å². The second kappa shape index (κ2) is 5.51. The maximum atomic E-state index is 5.56. The van der Waals surface area contributed by atoms with Crippen molar-refractivity contribution in [2.24, 2.45) is 10.7 Å². The van der Waals surface area contributed by atoms with Crippen molar-refractivity contribution >= 4 is 11.7 Å². The molecule has 0 radical (unpaired) electrons. The molecule has 19 heavy (non-hydrogen) atoms. The number of rotatable bonds is 3. The number of hydrogen-bond acceptors (Lipinski definition) is 4. The number of anilines is 1. The highest BCUT2D eigenvalue weighted by atomic mass is 16.5. The molecule has 0 aromatic heterocycles. The highest BCUT2D eigenvalue weighted by molar-refractivity contribution is 5.73. The van der Waals surface area contributed by atoms with Crippen LogP contribution in [0.5, 0.6) is 0 Å². The molecule has 0 spiro atoms. The van der Waals surface area contributed by atoms with Crippen LogP contribution in [0, 0.1) is 0 Å². The molecular formula is C15H21N3O. The third kappa shape index (κ3) is 3.00. The van der Waals surface area contributed by atoms with Gasteiger partial charge in [-0.3, -0.25) is 0 Å². The largest absolute Gasteiger partial charge is 0.463 e. The minimum Gasteiger partial charge on any atom is -0.463 e. The van der Waals surface area contributed by atoms with Gasteiger partial charge in [-0.05, 0) is 30.5 Å². The van der Waals surface area contributed by atoms with Crippen molar-refractivity contribution in [2.75, 3.05) is 11.9 Å². The van der Waals surface area contributed by atoms with Gasteiger partial charge in [0.1, 0.15) is 12.6 Å². The Morgan fingerprint density at radius 2 is 2.05 bits per heavy atom. The van der Waals surface area contributed by atoms with Crippen molar-refractivity contribution in [2.45, 2.75) is 44.2 Å². The van der Waals surface area contributed by atoms with Crippen LogP contribution in [0.25, 0.3) is 0 Å². The maximum absolute atomic E-state index is 5.56. The second-order valence-electron chi connectivity index (χ2n) is 5.40. The zero-order valence-corrected chi connectivity index (χ0v) is 11.1. The molecule has 1 aliphatic heterocycles. The van der Waals surface area contributed by atoms with Crippen LogP contribution in [0.3, 0.4) is 0 Å². The second-order valence-corrected chi connectivity index (χ2v) is 5.40. The molecule has 1 aliphatic carbocycles. The van der Waals surface area contributed by atoms with Crippen LogP contribution in [0.15, 0.2) is 29.3 Å². The lowest BCUT2D eigenvalue weighted by Crippen LogP contribution is -2.22. The van der Waals surface area contributed by atoms with E-state index in [1.54, 1.807) is 0 Å². The van der Waals surface area contributed by atoms with Gasteiger partial charge in [0.05, 0.1) is 0 Å². The summed E-state index contributed by atoms with van der Waals surface area (Å²) in [6.07, 6.45) is 6.62. The van der Waals surface area contributed by atoms with Gasteiger partial charge >= 0.3 is 0 Å². The van der Waals surface area contributed by atoms with Crippen molar-refractivity contribution in [3.63, 3.8) is 0 Å². The molecule has 2 aliphatic rings. The van der Waals surface area contributed by atoms with E-state index in [4.69, 9.17) is 10.5 Å². The zero-order valence-electron chi connectivity index (χ0n) is 11.1. The Bertz CT molecular complexity index is 466. The summed E-state index contributed by atoms with van der Waals surface area (Å²) in [5, 5.41) is 3.64. The molecule has 3 rings (SSSR count). The van der Waals surface area contributed by atoms with Crippen LogP contribution in [0.2, 0.25) is 0 Å². The first-order valence-corrected chi connectivity index (χ1v) is 7.14. The lowest BCUT2D eigenvalue weighted by molar-refractivity contribution is 0.315. The number of ether oxygens (including phenoxy) is 1. The Balaban J connectivity index is 1.69. The topological polar surface area (TPSA) is 59.6 Å². The van der Waals surface area contributed by atoms with Gasteiger partial charge < -0.3 is 15.8 Å². The fourth-order valence-corrected chi connectivity index (χ4v) is 2.88. The summed E-state index contributed by atoms with van der Waals surface area (Å²) in [6, 6.07) is 9.43. The Hall–Kier alpha value is -1.71. The van der Waals surface area contributed by atoms with E-state index in [9.17, 15) is 0 Å². The van der Waals surface area contributed by atoms with Crippen molar-refractivity contribution in [1.29, 1.82) is 0 Å². The maximum Gasteiger partial charge on any atom is 0.282 e. The molecule has 0 amide bonds. The summed E-state index contributed by atoms with van der Waals surface area (Å²) in [4.78, 5) is 4.29. The molecule has 1 saturated carbocycles. The molecule has 1 aromatic carbocycles. The van der Waals surface area contributed by atoms with Gasteiger partial charge in [-0.1, -0.05) is 31.4 Å². The number of nitrogens with zero attached hydrogens (tertiary/aromatic N) is 1. The Kier molecular flexibility index (Phi) is 3.58. The normalized spacial score (nSPS) is 23.8. The smallest absolute Gasteiger partial charge is 0.282 e. The SMILES string of the molecule is NC1=NC(c2cccc(NC3CCCCC3)c2)CO1. The van der Waals surface area contributed by atoms with E-state index >= 15 is 0 Å². The third-order valence-electron chi connectivity index (χ3n) is 3.92. The van der Waals surface area contributed by atoms with Gasteiger partial charge in [-0.15, -0.1) is 0 Å². The Morgan fingerprint density at radius 3 is 2.79 bits per heavy atom. The first kappa shape index (κ1) is 12.3. The lowest BCUT2D eigenvalue weighted by atomic mass is 9.95. The zero-order chi connectivity index (χ0) is 13.1. The molecule has 0 bridgehead atoms. The predicted octanol–water partition coefficient (Wildman–Crippen LogP) is 2.82. The van der Waals surface area contributed by atoms with Crippen LogP contribution >= 0.6 is 0 Å². The average molecular weight is 259 g/mol. The summed E-state index contributed by atoms with van der Waals surface area (Å²) in [5.74, 6) is 0. The number of nitrogens with two attached hydrogens (primary N) is 1. The minimum absolute atomic E-state index is 0.0492. The van der Waals surface area contributed by atoms with Crippen molar-refractivity contribution < 1.29 is 4.74 Å². The molecule has 3 N–H and O–H groups in total. The molecule has 102 valence electrons.